The Hall–Kier alpha value is -1.12. The molecule has 0 bridgehead atoms. The fraction of sp³-hybridized carbons (Fsp3) is 0.588. The second-order valence-electron chi connectivity index (χ2n) is 5.75. The van der Waals surface area contributed by atoms with Crippen LogP contribution in [-0.2, 0) is 0 Å². The van der Waals surface area contributed by atoms with E-state index in [1.165, 1.54) is 0 Å². The molecule has 0 aliphatic carbocycles. The van der Waals surface area contributed by atoms with E-state index >= 15 is 0 Å². The molecular formula is C17H28F2IN3O. The average Bonchev–Trinajstić information content (AvgIpc) is 2.51. The molecule has 1 atom stereocenters. The Morgan fingerprint density at radius 1 is 1.17 bits per heavy atom. The number of rotatable bonds is 8. The minimum Gasteiger partial charge on any atom is -0.493 e. The van der Waals surface area contributed by atoms with Gasteiger partial charge in [0.25, 0.3) is 6.43 Å². The summed E-state index contributed by atoms with van der Waals surface area (Å²) in [6, 6.07) is 7.70. The molecule has 0 saturated heterocycles. The molecule has 2 N–H and O–H groups in total. The first-order chi connectivity index (χ1) is 10.9. The highest BCUT2D eigenvalue weighted by atomic mass is 127. The quantitative estimate of drug-likeness (QED) is 0.351. The predicted molar refractivity (Wildman–Crippen MR) is 106 cm³/mol. The fourth-order valence-corrected chi connectivity index (χ4v) is 1.88. The summed E-state index contributed by atoms with van der Waals surface area (Å²) in [6.07, 6.45) is -2.45. The van der Waals surface area contributed by atoms with Gasteiger partial charge in [-0.1, -0.05) is 26.0 Å². The van der Waals surface area contributed by atoms with Crippen molar-refractivity contribution in [2.75, 3.05) is 19.7 Å². The third-order valence-electron chi connectivity index (χ3n) is 3.05. The number of ether oxygens (including phenoxy) is 1. The molecule has 0 fully saturated rings. The van der Waals surface area contributed by atoms with Gasteiger partial charge >= 0.3 is 0 Å². The first-order valence-electron chi connectivity index (χ1n) is 7.98. The van der Waals surface area contributed by atoms with Crippen molar-refractivity contribution in [2.24, 2.45) is 10.9 Å². The van der Waals surface area contributed by atoms with Gasteiger partial charge in [-0.15, -0.1) is 24.0 Å². The van der Waals surface area contributed by atoms with E-state index in [0.29, 0.717) is 25.0 Å². The third-order valence-corrected chi connectivity index (χ3v) is 3.05. The Morgan fingerprint density at radius 3 is 2.29 bits per heavy atom. The number of alkyl halides is 2. The van der Waals surface area contributed by atoms with Gasteiger partial charge in [-0.3, -0.25) is 0 Å². The molecule has 1 unspecified atom stereocenters. The van der Waals surface area contributed by atoms with Crippen LogP contribution in [0.3, 0.4) is 0 Å². The van der Waals surface area contributed by atoms with Crippen molar-refractivity contribution >= 4 is 29.9 Å². The number of nitrogens with zero attached hydrogens (tertiary/aromatic N) is 1. The highest BCUT2D eigenvalue weighted by Crippen LogP contribution is 2.18. The van der Waals surface area contributed by atoms with Crippen LogP contribution >= 0.6 is 24.0 Å². The van der Waals surface area contributed by atoms with Crippen LogP contribution in [0.25, 0.3) is 0 Å². The third kappa shape index (κ3) is 9.24. The zero-order chi connectivity index (χ0) is 17.2. The van der Waals surface area contributed by atoms with Gasteiger partial charge in [-0.05, 0) is 37.5 Å². The van der Waals surface area contributed by atoms with E-state index in [9.17, 15) is 8.78 Å². The van der Waals surface area contributed by atoms with Crippen LogP contribution in [0.4, 0.5) is 8.78 Å². The summed E-state index contributed by atoms with van der Waals surface area (Å²) in [5.41, 5.74) is 1.03. The summed E-state index contributed by atoms with van der Waals surface area (Å²) in [5.74, 6) is 1.69. The molecule has 0 heterocycles. The maximum absolute atomic E-state index is 12.3. The van der Waals surface area contributed by atoms with Gasteiger partial charge < -0.3 is 15.4 Å². The summed E-state index contributed by atoms with van der Waals surface area (Å²) < 4.78 is 30.2. The number of nitrogens with one attached hydrogen (secondary N) is 2. The van der Waals surface area contributed by atoms with E-state index in [1.54, 1.807) is 0 Å². The van der Waals surface area contributed by atoms with Crippen molar-refractivity contribution in [1.82, 2.24) is 10.6 Å². The molecular weight excluding hydrogens is 427 g/mol. The molecule has 1 aromatic carbocycles. The molecule has 0 aromatic heterocycles. The van der Waals surface area contributed by atoms with Crippen molar-refractivity contribution in [3.63, 3.8) is 0 Å². The highest BCUT2D eigenvalue weighted by Gasteiger charge is 2.09. The maximum Gasteiger partial charge on any atom is 0.257 e. The van der Waals surface area contributed by atoms with Crippen LogP contribution in [0.5, 0.6) is 5.75 Å². The first kappa shape index (κ1) is 22.9. The van der Waals surface area contributed by atoms with E-state index in [0.717, 1.165) is 11.3 Å². The lowest BCUT2D eigenvalue weighted by Gasteiger charge is -2.18. The molecule has 0 aliphatic heterocycles. The molecule has 0 amide bonds. The van der Waals surface area contributed by atoms with Gasteiger partial charge in [-0.2, -0.15) is 0 Å². The summed E-state index contributed by atoms with van der Waals surface area (Å²) in [6.45, 7) is 8.83. The lowest BCUT2D eigenvalue weighted by molar-refractivity contribution is 0.158. The molecule has 1 rings (SSSR count). The summed E-state index contributed by atoms with van der Waals surface area (Å²) in [5, 5.41) is 6.09. The summed E-state index contributed by atoms with van der Waals surface area (Å²) in [7, 11) is 0. The van der Waals surface area contributed by atoms with Crippen LogP contribution in [0.1, 0.15) is 39.3 Å². The van der Waals surface area contributed by atoms with Gasteiger partial charge in [0.05, 0.1) is 12.6 Å². The molecule has 0 spiro atoms. The van der Waals surface area contributed by atoms with Crippen LogP contribution in [-0.4, -0.2) is 32.1 Å². The molecule has 1 aromatic rings. The van der Waals surface area contributed by atoms with Crippen LogP contribution in [0.2, 0.25) is 0 Å². The fourth-order valence-electron chi connectivity index (χ4n) is 1.88. The van der Waals surface area contributed by atoms with Crippen LogP contribution < -0.4 is 15.4 Å². The second kappa shape index (κ2) is 12.3. The van der Waals surface area contributed by atoms with Gasteiger partial charge in [0, 0.05) is 6.54 Å². The lowest BCUT2D eigenvalue weighted by atomic mass is 10.1. The minimum absolute atomic E-state index is 0. The minimum atomic E-state index is -2.45. The molecule has 138 valence electrons. The van der Waals surface area contributed by atoms with Crippen LogP contribution in [0, 0.1) is 5.92 Å². The number of aliphatic imine (C=N–C) groups is 1. The van der Waals surface area contributed by atoms with E-state index in [4.69, 9.17) is 4.74 Å². The Labute approximate surface area is 160 Å². The molecule has 24 heavy (non-hydrogen) atoms. The number of benzene rings is 1. The second-order valence-corrected chi connectivity index (χ2v) is 5.75. The Bertz CT molecular complexity index is 481. The SMILES string of the molecule is CCNC(=NCC(F)F)NC(C)c1ccc(OCC(C)C)cc1.I. The smallest absolute Gasteiger partial charge is 0.257 e. The normalized spacial score (nSPS) is 12.8. The highest BCUT2D eigenvalue weighted by molar-refractivity contribution is 14.0. The van der Waals surface area contributed by atoms with E-state index < -0.39 is 13.0 Å². The zero-order valence-corrected chi connectivity index (χ0v) is 17.0. The molecule has 7 heteroatoms. The zero-order valence-electron chi connectivity index (χ0n) is 14.7. The van der Waals surface area contributed by atoms with E-state index in [2.05, 4.69) is 29.5 Å². The number of guanidine groups is 1. The Kier molecular flexibility index (Phi) is 11.7. The topological polar surface area (TPSA) is 45.7 Å². The largest absolute Gasteiger partial charge is 0.493 e. The number of hydrogen-bond acceptors (Lipinski definition) is 2. The van der Waals surface area contributed by atoms with Crippen molar-refractivity contribution < 1.29 is 13.5 Å². The van der Waals surface area contributed by atoms with E-state index in [1.807, 2.05) is 38.1 Å². The molecule has 4 nitrogen and oxygen atoms in total. The Morgan fingerprint density at radius 2 is 1.79 bits per heavy atom. The van der Waals surface area contributed by atoms with Crippen molar-refractivity contribution in [2.45, 2.75) is 40.2 Å². The summed E-state index contributed by atoms with van der Waals surface area (Å²) in [4.78, 5) is 3.86. The number of hydrogen-bond donors (Lipinski definition) is 2. The summed E-state index contributed by atoms with van der Waals surface area (Å²) >= 11 is 0. The predicted octanol–water partition coefficient (Wildman–Crippen LogP) is 4.22. The molecule has 0 radical (unpaired) electrons. The van der Waals surface area contributed by atoms with Gasteiger partial charge in [0.2, 0.25) is 0 Å². The molecule has 0 aliphatic rings. The van der Waals surface area contributed by atoms with Gasteiger partial charge in [-0.25, -0.2) is 13.8 Å². The molecule has 0 saturated carbocycles. The van der Waals surface area contributed by atoms with E-state index in [-0.39, 0.29) is 30.0 Å². The van der Waals surface area contributed by atoms with Gasteiger partial charge in [0.1, 0.15) is 12.3 Å². The standard InChI is InChI=1S/C17H27F2N3O.HI/c1-5-20-17(21-10-16(18)19)22-13(4)14-6-8-15(9-7-14)23-11-12(2)3;/h6-9,12-13,16H,5,10-11H2,1-4H3,(H2,20,21,22);1H. The average molecular weight is 455 g/mol. The maximum atomic E-state index is 12.3. The van der Waals surface area contributed by atoms with Crippen molar-refractivity contribution in [1.29, 1.82) is 0 Å². The monoisotopic (exact) mass is 455 g/mol. The van der Waals surface area contributed by atoms with Crippen molar-refractivity contribution in [3.8, 4) is 5.75 Å². The van der Waals surface area contributed by atoms with Crippen LogP contribution in [0.15, 0.2) is 29.3 Å². The van der Waals surface area contributed by atoms with Crippen molar-refractivity contribution in [3.05, 3.63) is 29.8 Å². The first-order valence-corrected chi connectivity index (χ1v) is 7.98. The number of halogens is 3. The van der Waals surface area contributed by atoms with Gasteiger partial charge in [0.15, 0.2) is 5.96 Å². The lowest BCUT2D eigenvalue weighted by Crippen LogP contribution is -2.39. The Balaban J connectivity index is 0.00000529.